The molecule has 1 aromatic carbocycles. The van der Waals surface area contributed by atoms with Gasteiger partial charge in [0.25, 0.3) is 5.91 Å². The average molecular weight is 529 g/mol. The van der Waals surface area contributed by atoms with E-state index in [4.69, 9.17) is 4.74 Å². The zero-order chi connectivity index (χ0) is 26.3. The first-order chi connectivity index (χ1) is 17.7. The third kappa shape index (κ3) is 5.27. The largest absolute Gasteiger partial charge is 0.369 e. The standard InChI is InChI=1S/C28H40N4O4S/c1-28(2,3)25(27(35)32-16-22(37-4)24-23(32)21(33)17-36-24)29-26(34)18-8-10-20(11-9-18)31-14-12-30(13-15-31)19-6-5-7-19/h8-11,19,22-25H,5-7,12-17H2,1-4H3,(H,29,34)/t22-,23+,24+,25+/m0/s1. The first kappa shape index (κ1) is 26.5. The van der Waals surface area contributed by atoms with Crippen LogP contribution >= 0.6 is 11.8 Å². The molecule has 5 rings (SSSR count). The monoisotopic (exact) mass is 528 g/mol. The van der Waals surface area contributed by atoms with E-state index in [0.717, 1.165) is 37.9 Å². The summed E-state index contributed by atoms with van der Waals surface area (Å²) in [6, 6.07) is 7.16. The number of likely N-dealkylation sites (tertiary alicyclic amines) is 1. The second-order valence-corrected chi connectivity index (χ2v) is 13.0. The molecule has 1 aliphatic carbocycles. The van der Waals surface area contributed by atoms with Crippen LogP contribution in [0.4, 0.5) is 5.69 Å². The van der Waals surface area contributed by atoms with Gasteiger partial charge in [-0.15, -0.1) is 0 Å². The highest BCUT2D eigenvalue weighted by molar-refractivity contribution is 7.99. The number of anilines is 1. The summed E-state index contributed by atoms with van der Waals surface area (Å²) in [6.45, 7) is 10.5. The summed E-state index contributed by atoms with van der Waals surface area (Å²) in [6.07, 6.45) is 5.74. The van der Waals surface area contributed by atoms with Gasteiger partial charge in [0, 0.05) is 50.0 Å². The molecule has 4 atom stereocenters. The molecule has 4 fully saturated rings. The Hall–Kier alpha value is -2.10. The molecule has 1 aromatic rings. The molecule has 9 heteroatoms. The lowest BCUT2D eigenvalue weighted by molar-refractivity contribution is -0.140. The van der Waals surface area contributed by atoms with Crippen LogP contribution in [0.5, 0.6) is 0 Å². The van der Waals surface area contributed by atoms with Crippen molar-refractivity contribution < 1.29 is 19.1 Å². The summed E-state index contributed by atoms with van der Waals surface area (Å²) < 4.78 is 5.72. The maximum absolute atomic E-state index is 13.8. The predicted octanol–water partition coefficient (Wildman–Crippen LogP) is 2.42. The molecule has 1 saturated carbocycles. The molecule has 2 amide bonds. The molecule has 37 heavy (non-hydrogen) atoms. The van der Waals surface area contributed by atoms with Gasteiger partial charge < -0.3 is 19.9 Å². The highest BCUT2D eigenvalue weighted by Gasteiger charge is 2.53. The Morgan fingerprint density at radius 2 is 1.76 bits per heavy atom. The minimum absolute atomic E-state index is 0.0463. The molecule has 3 saturated heterocycles. The molecule has 8 nitrogen and oxygen atoms in total. The third-order valence-electron chi connectivity index (χ3n) is 8.51. The lowest BCUT2D eigenvalue weighted by atomic mass is 9.85. The molecule has 0 spiro atoms. The number of Topliss-reactive ketones (excluding diaryl/α,β-unsaturated/α-hetero) is 1. The SMILES string of the molecule is CS[C@H]1CN(C(=O)[C@@H](NC(=O)c2ccc(N3CCN(C4CCC4)CC3)cc2)C(C)(C)C)[C@@H]2C(=O)CO[C@H]12. The van der Waals surface area contributed by atoms with Crippen molar-refractivity contribution in [1.29, 1.82) is 0 Å². The van der Waals surface area contributed by atoms with Gasteiger partial charge >= 0.3 is 0 Å². The van der Waals surface area contributed by atoms with Gasteiger partial charge in [0.2, 0.25) is 5.91 Å². The van der Waals surface area contributed by atoms with Crippen molar-refractivity contribution in [3.8, 4) is 0 Å². The van der Waals surface area contributed by atoms with E-state index >= 15 is 0 Å². The van der Waals surface area contributed by atoms with Gasteiger partial charge in [0.15, 0.2) is 5.78 Å². The number of thioether (sulfide) groups is 1. The molecule has 3 aliphatic heterocycles. The average Bonchev–Trinajstić information content (AvgIpc) is 3.41. The number of hydrogen-bond acceptors (Lipinski definition) is 7. The molecule has 0 bridgehead atoms. The second-order valence-electron chi connectivity index (χ2n) is 11.9. The first-order valence-corrected chi connectivity index (χ1v) is 14.8. The maximum Gasteiger partial charge on any atom is 0.251 e. The Morgan fingerprint density at radius 3 is 2.32 bits per heavy atom. The van der Waals surface area contributed by atoms with Crippen LogP contribution in [0.3, 0.4) is 0 Å². The van der Waals surface area contributed by atoms with Crippen molar-refractivity contribution in [1.82, 2.24) is 15.1 Å². The zero-order valence-electron chi connectivity index (χ0n) is 22.4. The van der Waals surface area contributed by atoms with Crippen molar-refractivity contribution >= 4 is 35.0 Å². The Kier molecular flexibility index (Phi) is 7.58. The fraction of sp³-hybridized carbons (Fsp3) is 0.679. The van der Waals surface area contributed by atoms with Crippen LogP contribution in [0.2, 0.25) is 0 Å². The predicted molar refractivity (Wildman–Crippen MR) is 146 cm³/mol. The molecular formula is C28H40N4O4S. The molecule has 3 heterocycles. The van der Waals surface area contributed by atoms with Crippen LogP contribution < -0.4 is 10.2 Å². The van der Waals surface area contributed by atoms with Crippen LogP contribution in [-0.2, 0) is 14.3 Å². The van der Waals surface area contributed by atoms with Crippen LogP contribution in [-0.4, -0.2) is 102 Å². The Bertz CT molecular complexity index is 1010. The van der Waals surface area contributed by atoms with Crippen molar-refractivity contribution in [2.45, 2.75) is 69.5 Å². The van der Waals surface area contributed by atoms with E-state index in [-0.39, 0.29) is 35.6 Å². The fourth-order valence-corrected chi connectivity index (χ4v) is 6.80. The first-order valence-electron chi connectivity index (χ1n) is 13.5. The Labute approximate surface area is 224 Å². The van der Waals surface area contributed by atoms with Crippen LogP contribution in [0.15, 0.2) is 24.3 Å². The highest BCUT2D eigenvalue weighted by atomic mass is 32.2. The number of benzene rings is 1. The van der Waals surface area contributed by atoms with E-state index in [9.17, 15) is 14.4 Å². The molecule has 0 radical (unpaired) electrons. The summed E-state index contributed by atoms with van der Waals surface area (Å²) in [7, 11) is 0. The van der Waals surface area contributed by atoms with E-state index in [2.05, 4.69) is 15.1 Å². The highest BCUT2D eigenvalue weighted by Crippen LogP contribution is 2.35. The number of carbonyl (C=O) groups is 3. The van der Waals surface area contributed by atoms with Crippen molar-refractivity contribution in [3.05, 3.63) is 29.8 Å². The number of carbonyl (C=O) groups excluding carboxylic acids is 3. The van der Waals surface area contributed by atoms with Crippen LogP contribution in [0, 0.1) is 5.41 Å². The number of nitrogens with one attached hydrogen (secondary N) is 1. The van der Waals surface area contributed by atoms with Gasteiger partial charge in [-0.25, -0.2) is 0 Å². The summed E-state index contributed by atoms with van der Waals surface area (Å²) in [5, 5.41) is 3.05. The van der Waals surface area contributed by atoms with E-state index in [1.165, 1.54) is 19.3 Å². The third-order valence-corrected chi connectivity index (χ3v) is 9.54. The van der Waals surface area contributed by atoms with Gasteiger partial charge in [-0.1, -0.05) is 27.2 Å². The maximum atomic E-state index is 13.8. The van der Waals surface area contributed by atoms with E-state index in [0.29, 0.717) is 12.1 Å². The van der Waals surface area contributed by atoms with Crippen molar-refractivity contribution in [3.63, 3.8) is 0 Å². The van der Waals surface area contributed by atoms with Crippen molar-refractivity contribution in [2.75, 3.05) is 50.5 Å². The second kappa shape index (κ2) is 10.6. The zero-order valence-corrected chi connectivity index (χ0v) is 23.3. The number of ether oxygens (including phenoxy) is 1. The van der Waals surface area contributed by atoms with Crippen molar-refractivity contribution in [2.24, 2.45) is 5.41 Å². The molecular weight excluding hydrogens is 488 g/mol. The minimum atomic E-state index is -0.756. The topological polar surface area (TPSA) is 82.2 Å². The number of amides is 2. The normalized spacial score (nSPS) is 27.7. The lowest BCUT2D eigenvalue weighted by Crippen LogP contribution is -2.57. The van der Waals surface area contributed by atoms with Gasteiger partial charge in [-0.2, -0.15) is 11.8 Å². The smallest absolute Gasteiger partial charge is 0.251 e. The Balaban J connectivity index is 1.24. The summed E-state index contributed by atoms with van der Waals surface area (Å²) in [4.78, 5) is 46.2. The van der Waals surface area contributed by atoms with E-state index in [1.807, 2.05) is 51.3 Å². The Morgan fingerprint density at radius 1 is 1.08 bits per heavy atom. The quantitative estimate of drug-likeness (QED) is 0.607. The number of ketones is 1. The summed E-state index contributed by atoms with van der Waals surface area (Å²) in [5.74, 6) is -0.550. The summed E-state index contributed by atoms with van der Waals surface area (Å²) in [5.41, 5.74) is 1.13. The van der Waals surface area contributed by atoms with Crippen LogP contribution in [0.25, 0.3) is 0 Å². The molecule has 202 valence electrons. The fourth-order valence-electron chi connectivity index (χ4n) is 6.00. The van der Waals surface area contributed by atoms with Gasteiger partial charge in [0.05, 0.1) is 11.4 Å². The van der Waals surface area contributed by atoms with Gasteiger partial charge in [-0.3, -0.25) is 19.3 Å². The molecule has 1 N–H and O–H groups in total. The molecule has 0 aromatic heterocycles. The van der Waals surface area contributed by atoms with E-state index in [1.54, 1.807) is 16.7 Å². The lowest BCUT2D eigenvalue weighted by Gasteiger charge is -2.43. The van der Waals surface area contributed by atoms with Crippen LogP contribution in [0.1, 0.15) is 50.4 Å². The number of nitrogens with zero attached hydrogens (tertiary/aromatic N) is 3. The number of hydrogen-bond donors (Lipinski definition) is 1. The summed E-state index contributed by atoms with van der Waals surface area (Å²) >= 11 is 1.62. The minimum Gasteiger partial charge on any atom is -0.369 e. The number of piperazine rings is 1. The van der Waals surface area contributed by atoms with Gasteiger partial charge in [-0.05, 0) is 48.8 Å². The van der Waals surface area contributed by atoms with E-state index < -0.39 is 17.5 Å². The number of fused-ring (bicyclic) bond motifs is 1. The van der Waals surface area contributed by atoms with Gasteiger partial charge in [0.1, 0.15) is 18.7 Å². The molecule has 0 unspecified atom stereocenters. The molecule has 4 aliphatic rings. The number of rotatable bonds is 6.